The van der Waals surface area contributed by atoms with Gasteiger partial charge in [-0.1, -0.05) is 30.3 Å². The van der Waals surface area contributed by atoms with Crippen molar-refractivity contribution in [3.63, 3.8) is 0 Å². The Hall–Kier alpha value is -2.11. The minimum atomic E-state index is -0.151. The number of anilines is 1. The van der Waals surface area contributed by atoms with Crippen LogP contribution in [0.5, 0.6) is 0 Å². The monoisotopic (exact) mass is 313 g/mol. The number of hydrogen-bond acceptors (Lipinski definition) is 3. The van der Waals surface area contributed by atoms with Gasteiger partial charge in [0.1, 0.15) is 0 Å². The lowest BCUT2D eigenvalue weighted by atomic mass is 10.1. The number of carbonyl (C=O) groups is 1. The van der Waals surface area contributed by atoms with Crippen LogP contribution in [0.15, 0.2) is 42.5 Å². The highest BCUT2D eigenvalue weighted by Gasteiger charge is 2.09. The molecule has 0 aliphatic carbocycles. The molecule has 0 atom stereocenters. The van der Waals surface area contributed by atoms with Crippen LogP contribution in [0.3, 0.4) is 0 Å². The average molecular weight is 313 g/mol. The van der Waals surface area contributed by atoms with Gasteiger partial charge < -0.3 is 15.4 Å². The Kier molecular flexibility index (Phi) is 5.45. The summed E-state index contributed by atoms with van der Waals surface area (Å²) in [4.78, 5) is 14.3. The molecule has 2 aromatic rings. The first-order valence-corrected chi connectivity index (χ1v) is 8.15. The van der Waals surface area contributed by atoms with Gasteiger partial charge >= 0.3 is 6.03 Å². The number of urea groups is 1. The first-order valence-electron chi connectivity index (χ1n) is 8.15. The Balaban J connectivity index is 1.41. The van der Waals surface area contributed by atoms with Crippen molar-refractivity contribution in [2.45, 2.75) is 6.42 Å². The summed E-state index contributed by atoms with van der Waals surface area (Å²) in [5, 5.41) is 8.09. The predicted molar refractivity (Wildman–Crippen MR) is 92.8 cm³/mol. The number of amides is 2. The van der Waals surface area contributed by atoms with Crippen molar-refractivity contribution in [2.24, 2.45) is 0 Å². The third kappa shape index (κ3) is 4.68. The quantitative estimate of drug-likeness (QED) is 0.835. The van der Waals surface area contributed by atoms with Gasteiger partial charge in [0.15, 0.2) is 0 Å². The maximum atomic E-state index is 11.9. The summed E-state index contributed by atoms with van der Waals surface area (Å²) in [6.45, 7) is 5.29. The van der Waals surface area contributed by atoms with Crippen molar-refractivity contribution in [3.05, 3.63) is 42.5 Å². The summed E-state index contributed by atoms with van der Waals surface area (Å²) in [6.07, 6.45) is 0.950. The molecule has 2 aromatic carbocycles. The van der Waals surface area contributed by atoms with Crippen LogP contribution < -0.4 is 10.6 Å². The molecule has 122 valence electrons. The summed E-state index contributed by atoms with van der Waals surface area (Å²) in [5.74, 6) is 0. The van der Waals surface area contributed by atoms with Crippen molar-refractivity contribution < 1.29 is 9.53 Å². The molecular formula is C18H23N3O2. The SMILES string of the molecule is O=C(NCCCN1CCOCC1)Nc1ccc2ccccc2c1. The molecule has 1 heterocycles. The van der Waals surface area contributed by atoms with E-state index in [2.05, 4.69) is 21.6 Å². The summed E-state index contributed by atoms with van der Waals surface area (Å²) in [5.41, 5.74) is 0.814. The van der Waals surface area contributed by atoms with Crippen molar-refractivity contribution in [2.75, 3.05) is 44.7 Å². The first kappa shape index (κ1) is 15.8. The number of carbonyl (C=O) groups excluding carboxylic acids is 1. The molecular weight excluding hydrogens is 290 g/mol. The van der Waals surface area contributed by atoms with Crippen molar-refractivity contribution in [1.29, 1.82) is 0 Å². The van der Waals surface area contributed by atoms with E-state index in [0.29, 0.717) is 6.54 Å². The maximum Gasteiger partial charge on any atom is 0.319 e. The Bertz CT molecular complexity index is 654. The zero-order valence-corrected chi connectivity index (χ0v) is 13.3. The number of ether oxygens (including phenoxy) is 1. The number of fused-ring (bicyclic) bond motifs is 1. The van der Waals surface area contributed by atoms with Crippen molar-refractivity contribution in [1.82, 2.24) is 10.2 Å². The fourth-order valence-corrected chi connectivity index (χ4v) is 2.77. The molecule has 1 aliphatic heterocycles. The van der Waals surface area contributed by atoms with Crippen LogP contribution in [0.1, 0.15) is 6.42 Å². The largest absolute Gasteiger partial charge is 0.379 e. The van der Waals surface area contributed by atoms with E-state index in [1.165, 1.54) is 5.39 Å². The lowest BCUT2D eigenvalue weighted by Crippen LogP contribution is -2.38. The first-order chi connectivity index (χ1) is 11.3. The van der Waals surface area contributed by atoms with Crippen LogP contribution in [0, 0.1) is 0 Å². The molecule has 5 heteroatoms. The fourth-order valence-electron chi connectivity index (χ4n) is 2.77. The van der Waals surface area contributed by atoms with Crippen LogP contribution >= 0.6 is 0 Å². The van der Waals surface area contributed by atoms with E-state index in [9.17, 15) is 4.79 Å². The highest BCUT2D eigenvalue weighted by atomic mass is 16.5. The summed E-state index contributed by atoms with van der Waals surface area (Å²) in [7, 11) is 0. The second kappa shape index (κ2) is 7.94. The topological polar surface area (TPSA) is 53.6 Å². The van der Waals surface area contributed by atoms with Crippen LogP contribution in [-0.4, -0.2) is 50.3 Å². The standard InChI is InChI=1S/C18H23N3O2/c22-18(19-8-3-9-21-10-12-23-13-11-21)20-17-7-6-15-4-1-2-5-16(15)14-17/h1-2,4-7,14H,3,8-13H2,(H2,19,20,22). The minimum absolute atomic E-state index is 0.151. The lowest BCUT2D eigenvalue weighted by Gasteiger charge is -2.26. The van der Waals surface area contributed by atoms with E-state index in [-0.39, 0.29) is 6.03 Å². The van der Waals surface area contributed by atoms with E-state index < -0.39 is 0 Å². The Morgan fingerprint density at radius 2 is 1.87 bits per heavy atom. The fraction of sp³-hybridized carbons (Fsp3) is 0.389. The van der Waals surface area contributed by atoms with Gasteiger partial charge in [0, 0.05) is 25.3 Å². The second-order valence-electron chi connectivity index (χ2n) is 5.75. The molecule has 1 aliphatic rings. The van der Waals surface area contributed by atoms with Crippen molar-refractivity contribution >= 4 is 22.5 Å². The molecule has 1 fully saturated rings. The maximum absolute atomic E-state index is 11.9. The molecule has 23 heavy (non-hydrogen) atoms. The van der Waals surface area contributed by atoms with Gasteiger partial charge in [-0.05, 0) is 35.9 Å². The second-order valence-corrected chi connectivity index (χ2v) is 5.75. The third-order valence-electron chi connectivity index (χ3n) is 4.05. The Morgan fingerprint density at radius 3 is 2.70 bits per heavy atom. The molecule has 5 nitrogen and oxygen atoms in total. The minimum Gasteiger partial charge on any atom is -0.379 e. The molecule has 3 rings (SSSR count). The van der Waals surface area contributed by atoms with Crippen molar-refractivity contribution in [3.8, 4) is 0 Å². The van der Waals surface area contributed by atoms with Crippen LogP contribution in [0.25, 0.3) is 10.8 Å². The number of rotatable bonds is 5. The van der Waals surface area contributed by atoms with Gasteiger partial charge in [-0.2, -0.15) is 0 Å². The van der Waals surface area contributed by atoms with Gasteiger partial charge in [-0.15, -0.1) is 0 Å². The van der Waals surface area contributed by atoms with Crippen LogP contribution in [0.2, 0.25) is 0 Å². The number of hydrogen-bond donors (Lipinski definition) is 2. The van der Waals surface area contributed by atoms with E-state index in [1.54, 1.807) is 0 Å². The molecule has 0 aromatic heterocycles. The molecule has 0 spiro atoms. The summed E-state index contributed by atoms with van der Waals surface area (Å²) < 4.78 is 5.32. The smallest absolute Gasteiger partial charge is 0.319 e. The third-order valence-corrected chi connectivity index (χ3v) is 4.05. The molecule has 1 saturated heterocycles. The van der Waals surface area contributed by atoms with E-state index in [1.807, 2.05) is 36.4 Å². The normalized spacial score (nSPS) is 15.5. The average Bonchev–Trinajstić information content (AvgIpc) is 2.59. The molecule has 0 saturated carbocycles. The highest BCUT2D eigenvalue weighted by Crippen LogP contribution is 2.18. The zero-order valence-electron chi connectivity index (χ0n) is 13.3. The zero-order chi connectivity index (χ0) is 15.9. The molecule has 0 radical (unpaired) electrons. The van der Waals surface area contributed by atoms with Gasteiger partial charge in [0.2, 0.25) is 0 Å². The van der Waals surface area contributed by atoms with E-state index in [4.69, 9.17) is 4.74 Å². The number of nitrogens with one attached hydrogen (secondary N) is 2. The molecule has 0 unspecified atom stereocenters. The highest BCUT2D eigenvalue weighted by molar-refractivity contribution is 5.93. The molecule has 2 N–H and O–H groups in total. The molecule has 2 amide bonds. The summed E-state index contributed by atoms with van der Waals surface area (Å²) >= 11 is 0. The van der Waals surface area contributed by atoms with Crippen LogP contribution in [-0.2, 0) is 4.74 Å². The van der Waals surface area contributed by atoms with Gasteiger partial charge in [-0.25, -0.2) is 4.79 Å². The lowest BCUT2D eigenvalue weighted by molar-refractivity contribution is 0.0375. The van der Waals surface area contributed by atoms with Gasteiger partial charge in [-0.3, -0.25) is 4.90 Å². The van der Waals surface area contributed by atoms with Gasteiger partial charge in [0.25, 0.3) is 0 Å². The Labute approximate surface area is 136 Å². The number of nitrogens with zero attached hydrogens (tertiary/aromatic N) is 1. The number of morpholine rings is 1. The van der Waals surface area contributed by atoms with E-state index >= 15 is 0 Å². The van der Waals surface area contributed by atoms with E-state index in [0.717, 1.165) is 50.3 Å². The number of benzene rings is 2. The van der Waals surface area contributed by atoms with Crippen LogP contribution in [0.4, 0.5) is 10.5 Å². The Morgan fingerprint density at radius 1 is 1.09 bits per heavy atom. The predicted octanol–water partition coefficient (Wildman–Crippen LogP) is 2.68. The molecule has 0 bridgehead atoms. The van der Waals surface area contributed by atoms with Gasteiger partial charge in [0.05, 0.1) is 13.2 Å². The summed E-state index contributed by atoms with van der Waals surface area (Å²) in [6, 6.07) is 13.9.